The fourth-order valence-electron chi connectivity index (χ4n) is 1.63. The first-order chi connectivity index (χ1) is 8.12. The highest BCUT2D eigenvalue weighted by Gasteiger charge is 2.17. The molecule has 0 amide bonds. The summed E-state index contributed by atoms with van der Waals surface area (Å²) >= 11 is 1.64. The standard InChI is InChI=1S/C12H17N3OS/c1-12(2,4-5-16)7-13-11-10-9(3-6-17-10)14-8-15-11/h3,6,8,16H,4-5,7H2,1-2H3,(H,13,14,15). The molecule has 0 aliphatic carbocycles. The van der Waals surface area contributed by atoms with E-state index in [1.807, 2.05) is 11.4 Å². The Hall–Kier alpha value is -1.20. The van der Waals surface area contributed by atoms with E-state index >= 15 is 0 Å². The number of aromatic nitrogens is 2. The molecule has 0 radical (unpaired) electrons. The quantitative estimate of drug-likeness (QED) is 0.857. The van der Waals surface area contributed by atoms with Crippen LogP contribution in [0.25, 0.3) is 10.2 Å². The Kier molecular flexibility index (Phi) is 3.59. The molecule has 92 valence electrons. The van der Waals surface area contributed by atoms with E-state index in [1.54, 1.807) is 17.7 Å². The van der Waals surface area contributed by atoms with Crippen LogP contribution in [0.2, 0.25) is 0 Å². The molecule has 0 unspecified atom stereocenters. The zero-order valence-electron chi connectivity index (χ0n) is 10.1. The molecular formula is C12H17N3OS. The molecule has 0 aliphatic heterocycles. The third kappa shape index (κ3) is 2.92. The summed E-state index contributed by atoms with van der Waals surface area (Å²) in [5, 5.41) is 14.4. The molecule has 2 aromatic heterocycles. The number of aliphatic hydroxyl groups excluding tert-OH is 1. The van der Waals surface area contributed by atoms with Gasteiger partial charge in [0.1, 0.15) is 12.1 Å². The van der Waals surface area contributed by atoms with Crippen LogP contribution < -0.4 is 5.32 Å². The summed E-state index contributed by atoms with van der Waals surface area (Å²) in [5.41, 5.74) is 1.04. The van der Waals surface area contributed by atoms with Crippen molar-refractivity contribution in [1.29, 1.82) is 0 Å². The largest absolute Gasteiger partial charge is 0.396 e. The predicted molar refractivity (Wildman–Crippen MR) is 71.4 cm³/mol. The second-order valence-corrected chi connectivity index (χ2v) is 5.76. The Labute approximate surface area is 105 Å². The van der Waals surface area contributed by atoms with Crippen molar-refractivity contribution in [3.8, 4) is 0 Å². The number of nitrogens with zero attached hydrogens (tertiary/aromatic N) is 2. The van der Waals surface area contributed by atoms with Crippen LogP contribution in [0.4, 0.5) is 5.82 Å². The molecule has 5 heteroatoms. The number of nitrogens with one attached hydrogen (secondary N) is 1. The number of hydrogen-bond acceptors (Lipinski definition) is 5. The zero-order valence-corrected chi connectivity index (χ0v) is 10.9. The predicted octanol–water partition coefficient (Wildman–Crippen LogP) is 2.51. The van der Waals surface area contributed by atoms with Gasteiger partial charge < -0.3 is 10.4 Å². The van der Waals surface area contributed by atoms with Crippen LogP contribution in [0.5, 0.6) is 0 Å². The highest BCUT2D eigenvalue weighted by molar-refractivity contribution is 7.17. The first kappa shape index (κ1) is 12.3. The van der Waals surface area contributed by atoms with Crippen molar-refractivity contribution in [1.82, 2.24) is 9.97 Å². The molecule has 4 nitrogen and oxygen atoms in total. The lowest BCUT2D eigenvalue weighted by atomic mass is 9.90. The maximum atomic E-state index is 8.99. The van der Waals surface area contributed by atoms with Crippen molar-refractivity contribution in [3.63, 3.8) is 0 Å². The van der Waals surface area contributed by atoms with Gasteiger partial charge in [0.05, 0.1) is 10.2 Å². The molecule has 0 bridgehead atoms. The molecule has 2 rings (SSSR count). The molecule has 0 atom stereocenters. The third-order valence-corrected chi connectivity index (χ3v) is 3.68. The fraction of sp³-hybridized carbons (Fsp3) is 0.500. The molecule has 0 aliphatic rings. The number of fused-ring (bicyclic) bond motifs is 1. The summed E-state index contributed by atoms with van der Waals surface area (Å²) in [6.45, 7) is 5.26. The second kappa shape index (κ2) is 4.98. The van der Waals surface area contributed by atoms with E-state index in [1.165, 1.54) is 0 Å². The van der Waals surface area contributed by atoms with Crippen LogP contribution >= 0.6 is 11.3 Å². The number of rotatable bonds is 5. The summed E-state index contributed by atoms with van der Waals surface area (Å²) in [5.74, 6) is 0.885. The van der Waals surface area contributed by atoms with Crippen LogP contribution in [-0.4, -0.2) is 28.2 Å². The molecule has 17 heavy (non-hydrogen) atoms. The molecule has 0 spiro atoms. The minimum Gasteiger partial charge on any atom is -0.396 e. The Morgan fingerprint density at radius 1 is 1.41 bits per heavy atom. The monoisotopic (exact) mass is 251 g/mol. The lowest BCUT2D eigenvalue weighted by Crippen LogP contribution is -2.24. The van der Waals surface area contributed by atoms with Gasteiger partial charge >= 0.3 is 0 Å². The van der Waals surface area contributed by atoms with Crippen molar-refractivity contribution >= 4 is 27.4 Å². The van der Waals surface area contributed by atoms with Gasteiger partial charge in [-0.2, -0.15) is 0 Å². The summed E-state index contributed by atoms with van der Waals surface area (Å²) in [4.78, 5) is 8.47. The Morgan fingerprint density at radius 2 is 2.24 bits per heavy atom. The molecular weight excluding hydrogens is 234 g/mol. The van der Waals surface area contributed by atoms with E-state index in [9.17, 15) is 0 Å². The highest BCUT2D eigenvalue weighted by atomic mass is 32.1. The molecule has 0 fully saturated rings. The van der Waals surface area contributed by atoms with Gasteiger partial charge in [0.2, 0.25) is 0 Å². The van der Waals surface area contributed by atoms with E-state index < -0.39 is 0 Å². The average Bonchev–Trinajstić information content (AvgIpc) is 2.74. The van der Waals surface area contributed by atoms with Gasteiger partial charge in [0.25, 0.3) is 0 Å². The minimum atomic E-state index is 0.0588. The first-order valence-corrected chi connectivity index (χ1v) is 6.53. The zero-order chi connectivity index (χ0) is 12.3. The van der Waals surface area contributed by atoms with Gasteiger partial charge in [-0.15, -0.1) is 11.3 Å². The third-order valence-electron chi connectivity index (χ3n) is 2.77. The van der Waals surface area contributed by atoms with Gasteiger partial charge in [-0.1, -0.05) is 13.8 Å². The van der Waals surface area contributed by atoms with Gasteiger partial charge in [-0.3, -0.25) is 0 Å². The lowest BCUT2D eigenvalue weighted by Gasteiger charge is -2.24. The van der Waals surface area contributed by atoms with Crippen LogP contribution in [-0.2, 0) is 0 Å². The summed E-state index contributed by atoms with van der Waals surface area (Å²) < 4.78 is 1.09. The highest BCUT2D eigenvalue weighted by Crippen LogP contribution is 2.26. The van der Waals surface area contributed by atoms with Gasteiger partial charge in [0, 0.05) is 13.2 Å². The van der Waals surface area contributed by atoms with E-state index in [0.717, 1.165) is 29.0 Å². The van der Waals surface area contributed by atoms with Crippen molar-refractivity contribution in [2.24, 2.45) is 5.41 Å². The van der Waals surface area contributed by atoms with E-state index in [0.29, 0.717) is 0 Å². The van der Waals surface area contributed by atoms with Crippen LogP contribution in [0.3, 0.4) is 0 Å². The smallest absolute Gasteiger partial charge is 0.147 e. The van der Waals surface area contributed by atoms with Crippen molar-refractivity contribution in [2.45, 2.75) is 20.3 Å². The molecule has 0 aromatic carbocycles. The number of aliphatic hydroxyl groups is 1. The topological polar surface area (TPSA) is 58.0 Å². The number of thiophene rings is 1. The number of anilines is 1. The van der Waals surface area contributed by atoms with Crippen LogP contribution in [0.1, 0.15) is 20.3 Å². The average molecular weight is 251 g/mol. The maximum absolute atomic E-state index is 8.99. The van der Waals surface area contributed by atoms with Gasteiger partial charge in [0.15, 0.2) is 0 Å². The maximum Gasteiger partial charge on any atom is 0.147 e. The van der Waals surface area contributed by atoms with Crippen molar-refractivity contribution in [2.75, 3.05) is 18.5 Å². The molecule has 2 heterocycles. The first-order valence-electron chi connectivity index (χ1n) is 5.65. The fourth-order valence-corrected chi connectivity index (χ4v) is 2.44. The Morgan fingerprint density at radius 3 is 3.00 bits per heavy atom. The molecule has 2 N–H and O–H groups in total. The number of hydrogen-bond donors (Lipinski definition) is 2. The van der Waals surface area contributed by atoms with Crippen LogP contribution in [0, 0.1) is 5.41 Å². The normalized spacial score (nSPS) is 11.9. The second-order valence-electron chi connectivity index (χ2n) is 4.85. The molecule has 0 saturated carbocycles. The van der Waals surface area contributed by atoms with E-state index in [2.05, 4.69) is 29.1 Å². The van der Waals surface area contributed by atoms with Crippen molar-refractivity contribution < 1.29 is 5.11 Å². The Bertz CT molecular complexity index is 495. The summed E-state index contributed by atoms with van der Waals surface area (Å²) in [7, 11) is 0. The van der Waals surface area contributed by atoms with E-state index in [-0.39, 0.29) is 12.0 Å². The minimum absolute atomic E-state index is 0.0588. The van der Waals surface area contributed by atoms with Crippen molar-refractivity contribution in [3.05, 3.63) is 17.8 Å². The molecule has 2 aromatic rings. The lowest BCUT2D eigenvalue weighted by molar-refractivity contribution is 0.220. The summed E-state index contributed by atoms with van der Waals surface area (Å²) in [6.07, 6.45) is 2.36. The van der Waals surface area contributed by atoms with Gasteiger partial charge in [-0.25, -0.2) is 9.97 Å². The van der Waals surface area contributed by atoms with Crippen LogP contribution in [0.15, 0.2) is 17.8 Å². The summed E-state index contributed by atoms with van der Waals surface area (Å²) in [6, 6.07) is 1.99. The SMILES string of the molecule is CC(C)(CCO)CNc1ncnc2ccsc12. The Balaban J connectivity index is 2.11. The molecule has 0 saturated heterocycles. The van der Waals surface area contributed by atoms with E-state index in [4.69, 9.17) is 5.11 Å². The van der Waals surface area contributed by atoms with Gasteiger partial charge in [-0.05, 0) is 23.3 Å².